The Morgan fingerprint density at radius 1 is 1.00 bits per heavy atom. The molecule has 0 bridgehead atoms. The van der Waals surface area contributed by atoms with Gasteiger partial charge in [0.25, 0.3) is 0 Å². The largest absolute Gasteiger partial charge is 0.356 e. The van der Waals surface area contributed by atoms with E-state index in [-0.39, 0.29) is 24.0 Å². The van der Waals surface area contributed by atoms with Crippen LogP contribution >= 0.6 is 24.0 Å². The van der Waals surface area contributed by atoms with Crippen LogP contribution in [0.3, 0.4) is 0 Å². The highest BCUT2D eigenvalue weighted by molar-refractivity contribution is 14.0. The minimum atomic E-state index is 0. The zero-order valence-corrected chi connectivity index (χ0v) is 19.5. The van der Waals surface area contributed by atoms with E-state index in [1.54, 1.807) is 0 Å². The number of aliphatic imine (C=N–C) groups is 1. The van der Waals surface area contributed by atoms with Crippen LogP contribution in [0.15, 0.2) is 29.3 Å². The van der Waals surface area contributed by atoms with Gasteiger partial charge in [-0.05, 0) is 68.8 Å². The molecule has 0 aromatic heterocycles. The van der Waals surface area contributed by atoms with E-state index < -0.39 is 0 Å². The molecule has 2 saturated heterocycles. The third kappa shape index (κ3) is 6.32. The first kappa shape index (κ1) is 21.8. The van der Waals surface area contributed by atoms with Gasteiger partial charge in [0, 0.05) is 39.3 Å². The predicted molar refractivity (Wildman–Crippen MR) is 127 cm³/mol. The van der Waals surface area contributed by atoms with Crippen molar-refractivity contribution < 1.29 is 0 Å². The van der Waals surface area contributed by atoms with E-state index in [0.717, 1.165) is 37.6 Å². The van der Waals surface area contributed by atoms with Crippen molar-refractivity contribution in [2.75, 3.05) is 39.8 Å². The van der Waals surface area contributed by atoms with Crippen molar-refractivity contribution in [3.8, 4) is 0 Å². The van der Waals surface area contributed by atoms with Crippen molar-refractivity contribution in [1.29, 1.82) is 0 Å². The number of benzene rings is 1. The zero-order valence-electron chi connectivity index (χ0n) is 17.2. The molecule has 4 rings (SSSR count). The molecule has 2 heterocycles. The lowest BCUT2D eigenvalue weighted by molar-refractivity contribution is 0.314. The summed E-state index contributed by atoms with van der Waals surface area (Å²) in [5.74, 6) is 1.68. The van der Waals surface area contributed by atoms with Crippen LogP contribution in [0.25, 0.3) is 0 Å². The van der Waals surface area contributed by atoms with Crippen molar-refractivity contribution in [2.45, 2.75) is 51.2 Å². The minimum Gasteiger partial charge on any atom is -0.356 e. The summed E-state index contributed by atoms with van der Waals surface area (Å²) in [6.07, 6.45) is 6.86. The van der Waals surface area contributed by atoms with E-state index >= 15 is 0 Å². The first-order valence-corrected chi connectivity index (χ1v) is 10.8. The smallest absolute Gasteiger partial charge is 0.191 e. The summed E-state index contributed by atoms with van der Waals surface area (Å²) >= 11 is 0. The van der Waals surface area contributed by atoms with E-state index in [4.69, 9.17) is 0 Å². The first-order chi connectivity index (χ1) is 13.3. The van der Waals surface area contributed by atoms with Crippen LogP contribution in [0.2, 0.25) is 0 Å². The summed E-state index contributed by atoms with van der Waals surface area (Å²) in [5.41, 5.74) is 2.73. The summed E-state index contributed by atoms with van der Waals surface area (Å²) in [6.45, 7) is 7.99. The highest BCUT2D eigenvalue weighted by Gasteiger charge is 2.34. The van der Waals surface area contributed by atoms with Crippen molar-refractivity contribution in [3.63, 3.8) is 0 Å². The molecule has 2 aliphatic heterocycles. The fourth-order valence-electron chi connectivity index (χ4n) is 4.41. The number of likely N-dealkylation sites (tertiary alicyclic amines) is 2. The topological polar surface area (TPSA) is 42.9 Å². The Morgan fingerprint density at radius 2 is 1.71 bits per heavy atom. The van der Waals surface area contributed by atoms with Crippen LogP contribution in [-0.4, -0.2) is 61.6 Å². The molecule has 1 aromatic rings. The molecule has 1 aromatic carbocycles. The quantitative estimate of drug-likeness (QED) is 0.346. The van der Waals surface area contributed by atoms with Crippen LogP contribution in [0, 0.1) is 5.92 Å². The Bertz CT molecular complexity index is 622. The van der Waals surface area contributed by atoms with Gasteiger partial charge in [-0.15, -0.1) is 24.0 Å². The molecule has 5 nitrogen and oxygen atoms in total. The van der Waals surface area contributed by atoms with Crippen LogP contribution < -0.4 is 10.6 Å². The molecule has 0 amide bonds. The van der Waals surface area contributed by atoms with E-state index in [9.17, 15) is 0 Å². The number of halogens is 1. The molecule has 28 heavy (non-hydrogen) atoms. The van der Waals surface area contributed by atoms with Crippen molar-refractivity contribution in [1.82, 2.24) is 20.4 Å². The highest BCUT2D eigenvalue weighted by Crippen LogP contribution is 2.31. The lowest BCUT2D eigenvalue weighted by Crippen LogP contribution is -2.40. The molecule has 6 heteroatoms. The average Bonchev–Trinajstić information content (AvgIpc) is 3.21. The first-order valence-electron chi connectivity index (χ1n) is 10.8. The molecule has 3 fully saturated rings. The van der Waals surface area contributed by atoms with Gasteiger partial charge in [-0.1, -0.05) is 24.3 Å². The van der Waals surface area contributed by atoms with Crippen molar-refractivity contribution in [2.24, 2.45) is 10.9 Å². The fourth-order valence-corrected chi connectivity index (χ4v) is 4.41. The Morgan fingerprint density at radius 3 is 2.39 bits per heavy atom. The standard InChI is InChI=1S/C22H35N5.HI/c1-23-22(25-15-20-10-13-27(17-20)21-8-9-21)24-14-18-4-6-19(7-5-18)16-26-11-2-3-12-26;/h4-7,20-21H,2-3,8-17H2,1H3,(H2,23,24,25);1H. The van der Waals surface area contributed by atoms with Gasteiger partial charge in [-0.3, -0.25) is 9.89 Å². The maximum absolute atomic E-state index is 4.39. The van der Waals surface area contributed by atoms with Gasteiger partial charge in [0.05, 0.1) is 0 Å². The Labute approximate surface area is 187 Å². The third-order valence-corrected chi connectivity index (χ3v) is 6.25. The van der Waals surface area contributed by atoms with Gasteiger partial charge < -0.3 is 15.5 Å². The maximum Gasteiger partial charge on any atom is 0.191 e. The van der Waals surface area contributed by atoms with E-state index in [1.165, 1.54) is 69.4 Å². The molecule has 3 aliphatic rings. The number of rotatable bonds is 7. The fraction of sp³-hybridized carbons (Fsp3) is 0.682. The number of hydrogen-bond donors (Lipinski definition) is 2. The molecule has 0 spiro atoms. The molecule has 1 atom stereocenters. The minimum absolute atomic E-state index is 0. The number of nitrogens with zero attached hydrogens (tertiary/aromatic N) is 3. The molecular weight excluding hydrogens is 461 g/mol. The second-order valence-corrected chi connectivity index (χ2v) is 8.49. The van der Waals surface area contributed by atoms with Crippen LogP contribution in [-0.2, 0) is 13.1 Å². The number of guanidine groups is 1. The van der Waals surface area contributed by atoms with E-state index in [1.807, 2.05) is 7.05 Å². The summed E-state index contributed by atoms with van der Waals surface area (Å²) in [4.78, 5) is 9.61. The molecule has 1 aliphatic carbocycles. The van der Waals surface area contributed by atoms with Gasteiger partial charge in [-0.25, -0.2) is 0 Å². The molecule has 1 unspecified atom stereocenters. The second-order valence-electron chi connectivity index (χ2n) is 8.49. The van der Waals surface area contributed by atoms with E-state index in [0.29, 0.717) is 0 Å². The van der Waals surface area contributed by atoms with Crippen LogP contribution in [0.4, 0.5) is 0 Å². The highest BCUT2D eigenvalue weighted by atomic mass is 127. The SMILES string of the molecule is CN=C(NCc1ccc(CN2CCCC2)cc1)NCC1CCN(C2CC2)C1.I. The number of hydrogen-bond acceptors (Lipinski definition) is 3. The number of nitrogens with one attached hydrogen (secondary N) is 2. The molecular formula is C22H36IN5. The molecule has 0 radical (unpaired) electrons. The lowest BCUT2D eigenvalue weighted by atomic mass is 10.1. The van der Waals surface area contributed by atoms with Gasteiger partial charge in [0.2, 0.25) is 0 Å². The monoisotopic (exact) mass is 497 g/mol. The Hall–Kier alpha value is -0.860. The predicted octanol–water partition coefficient (Wildman–Crippen LogP) is 3.05. The van der Waals surface area contributed by atoms with Crippen molar-refractivity contribution >= 4 is 29.9 Å². The Balaban J connectivity index is 0.00000225. The lowest BCUT2D eigenvalue weighted by Gasteiger charge is -2.17. The van der Waals surface area contributed by atoms with Crippen LogP contribution in [0.1, 0.15) is 43.2 Å². The second kappa shape index (κ2) is 10.8. The van der Waals surface area contributed by atoms with E-state index in [2.05, 4.69) is 49.7 Å². The summed E-state index contributed by atoms with van der Waals surface area (Å²) in [7, 11) is 1.86. The zero-order chi connectivity index (χ0) is 18.5. The average molecular weight is 497 g/mol. The Kier molecular flexibility index (Phi) is 8.41. The van der Waals surface area contributed by atoms with Crippen LogP contribution in [0.5, 0.6) is 0 Å². The van der Waals surface area contributed by atoms with Gasteiger partial charge in [0.15, 0.2) is 5.96 Å². The summed E-state index contributed by atoms with van der Waals surface area (Å²) in [6, 6.07) is 9.94. The normalized spacial score (nSPS) is 23.6. The summed E-state index contributed by atoms with van der Waals surface area (Å²) in [5, 5.41) is 6.99. The summed E-state index contributed by atoms with van der Waals surface area (Å²) < 4.78 is 0. The van der Waals surface area contributed by atoms with Crippen molar-refractivity contribution in [3.05, 3.63) is 35.4 Å². The molecule has 156 valence electrons. The molecule has 1 saturated carbocycles. The maximum atomic E-state index is 4.39. The van der Waals surface area contributed by atoms with Gasteiger partial charge in [0.1, 0.15) is 0 Å². The molecule has 2 N–H and O–H groups in total. The van der Waals surface area contributed by atoms with Gasteiger partial charge >= 0.3 is 0 Å². The van der Waals surface area contributed by atoms with Gasteiger partial charge in [-0.2, -0.15) is 0 Å². The third-order valence-electron chi connectivity index (χ3n) is 6.25.